The van der Waals surface area contributed by atoms with E-state index in [-0.39, 0.29) is 17.1 Å². The summed E-state index contributed by atoms with van der Waals surface area (Å²) in [6.07, 6.45) is 0.614. The van der Waals surface area contributed by atoms with E-state index in [1.807, 2.05) is 30.3 Å². The summed E-state index contributed by atoms with van der Waals surface area (Å²) >= 11 is 0. The van der Waals surface area contributed by atoms with Crippen LogP contribution in [0.5, 0.6) is 0 Å². The molecule has 0 unspecified atom stereocenters. The summed E-state index contributed by atoms with van der Waals surface area (Å²) in [5, 5.41) is 25.1. The van der Waals surface area contributed by atoms with Gasteiger partial charge in [-0.2, -0.15) is 0 Å². The molecular formula is C15H15N3O4. The number of nitro groups is 2. The van der Waals surface area contributed by atoms with E-state index in [4.69, 9.17) is 0 Å². The minimum Gasteiger partial charge on any atom is -0.374 e. The predicted molar refractivity (Wildman–Crippen MR) is 83.1 cm³/mol. The molecule has 0 aromatic heterocycles. The molecule has 0 fully saturated rings. The van der Waals surface area contributed by atoms with Crippen LogP contribution in [0.3, 0.4) is 0 Å². The topological polar surface area (TPSA) is 98.3 Å². The van der Waals surface area contributed by atoms with Crippen molar-refractivity contribution in [2.75, 3.05) is 11.9 Å². The fraction of sp³-hybridized carbons (Fsp3) is 0.200. The van der Waals surface area contributed by atoms with Crippen LogP contribution in [0.1, 0.15) is 11.1 Å². The number of nitrogens with zero attached hydrogens (tertiary/aromatic N) is 2. The average molecular weight is 301 g/mol. The van der Waals surface area contributed by atoms with Gasteiger partial charge in [0.1, 0.15) is 0 Å². The molecule has 7 heteroatoms. The third-order valence-electron chi connectivity index (χ3n) is 3.19. The standard InChI is InChI=1S/C15H15N3O4/c1-11-9-13(17(19)20)15(14(10-11)18(21)22)16-8-7-12-5-3-2-4-6-12/h2-6,9-10,16H,7-8H2,1H3. The second kappa shape index (κ2) is 6.66. The number of nitrogens with one attached hydrogen (secondary N) is 1. The summed E-state index contributed by atoms with van der Waals surface area (Å²) < 4.78 is 0. The maximum Gasteiger partial charge on any atom is 0.299 e. The highest BCUT2D eigenvalue weighted by atomic mass is 16.6. The summed E-state index contributed by atoms with van der Waals surface area (Å²) in [5.41, 5.74) is 0.926. The Morgan fingerprint density at radius 3 is 2.05 bits per heavy atom. The third-order valence-corrected chi connectivity index (χ3v) is 3.19. The number of hydrogen-bond acceptors (Lipinski definition) is 5. The zero-order valence-electron chi connectivity index (χ0n) is 12.0. The predicted octanol–water partition coefficient (Wildman–Crippen LogP) is 3.47. The molecule has 0 aliphatic rings. The number of rotatable bonds is 6. The van der Waals surface area contributed by atoms with Gasteiger partial charge < -0.3 is 5.32 Å². The van der Waals surface area contributed by atoms with E-state index in [0.717, 1.165) is 5.56 Å². The van der Waals surface area contributed by atoms with Gasteiger partial charge in [0.15, 0.2) is 5.69 Å². The van der Waals surface area contributed by atoms with E-state index in [1.165, 1.54) is 12.1 Å². The molecule has 114 valence electrons. The molecule has 7 nitrogen and oxygen atoms in total. The summed E-state index contributed by atoms with van der Waals surface area (Å²) in [5.74, 6) is 0. The van der Waals surface area contributed by atoms with Crippen molar-refractivity contribution in [3.8, 4) is 0 Å². The van der Waals surface area contributed by atoms with Crippen LogP contribution in [0.15, 0.2) is 42.5 Å². The second-order valence-corrected chi connectivity index (χ2v) is 4.85. The van der Waals surface area contributed by atoms with Gasteiger partial charge in [0.05, 0.1) is 9.85 Å². The molecular weight excluding hydrogens is 286 g/mol. The van der Waals surface area contributed by atoms with Gasteiger partial charge in [-0.05, 0) is 24.5 Å². The second-order valence-electron chi connectivity index (χ2n) is 4.85. The highest BCUT2D eigenvalue weighted by Crippen LogP contribution is 2.35. The van der Waals surface area contributed by atoms with Gasteiger partial charge in [0, 0.05) is 18.7 Å². The van der Waals surface area contributed by atoms with Crippen molar-refractivity contribution in [1.29, 1.82) is 0 Å². The third kappa shape index (κ3) is 3.57. The normalized spacial score (nSPS) is 10.2. The van der Waals surface area contributed by atoms with Gasteiger partial charge in [-0.15, -0.1) is 0 Å². The van der Waals surface area contributed by atoms with Gasteiger partial charge in [-0.3, -0.25) is 20.2 Å². The molecule has 0 heterocycles. The lowest BCUT2D eigenvalue weighted by Gasteiger charge is -2.08. The molecule has 1 N–H and O–H groups in total. The monoisotopic (exact) mass is 301 g/mol. The molecule has 0 saturated carbocycles. The first kappa shape index (κ1) is 15.4. The lowest BCUT2D eigenvalue weighted by atomic mass is 10.1. The molecule has 22 heavy (non-hydrogen) atoms. The van der Waals surface area contributed by atoms with Crippen molar-refractivity contribution in [3.63, 3.8) is 0 Å². The molecule has 2 aromatic rings. The van der Waals surface area contributed by atoms with Crippen molar-refractivity contribution < 1.29 is 9.85 Å². The van der Waals surface area contributed by atoms with E-state index >= 15 is 0 Å². The van der Waals surface area contributed by atoms with E-state index in [9.17, 15) is 20.2 Å². The zero-order valence-corrected chi connectivity index (χ0v) is 12.0. The minimum atomic E-state index is -0.606. The largest absolute Gasteiger partial charge is 0.374 e. The maximum atomic E-state index is 11.1. The Bertz CT molecular complexity index is 666. The van der Waals surface area contributed by atoms with Crippen molar-refractivity contribution in [2.45, 2.75) is 13.3 Å². The zero-order chi connectivity index (χ0) is 16.1. The molecule has 2 rings (SSSR count). The number of hydrogen-bond donors (Lipinski definition) is 1. The lowest BCUT2D eigenvalue weighted by Crippen LogP contribution is -2.09. The summed E-state index contributed by atoms with van der Waals surface area (Å²) in [7, 11) is 0. The smallest absolute Gasteiger partial charge is 0.299 e. The van der Waals surface area contributed by atoms with Gasteiger partial charge in [-0.1, -0.05) is 30.3 Å². The first-order valence-electron chi connectivity index (χ1n) is 6.70. The molecule has 0 amide bonds. The van der Waals surface area contributed by atoms with Gasteiger partial charge in [0.2, 0.25) is 0 Å². The van der Waals surface area contributed by atoms with Crippen molar-refractivity contribution in [2.24, 2.45) is 0 Å². The minimum absolute atomic E-state index is 0.0449. The first-order chi connectivity index (χ1) is 10.5. The number of anilines is 1. The van der Waals surface area contributed by atoms with Gasteiger partial charge in [0.25, 0.3) is 11.4 Å². The molecule has 0 radical (unpaired) electrons. The molecule has 0 aliphatic carbocycles. The molecule has 0 aliphatic heterocycles. The number of aryl methyl sites for hydroxylation is 1. The summed E-state index contributed by atoms with van der Waals surface area (Å²) in [6.45, 7) is 1.96. The Morgan fingerprint density at radius 1 is 1.00 bits per heavy atom. The Kier molecular flexibility index (Phi) is 4.67. The van der Waals surface area contributed by atoms with Gasteiger partial charge >= 0.3 is 0 Å². The molecule has 0 atom stereocenters. The van der Waals surface area contributed by atoms with Crippen LogP contribution in [0.4, 0.5) is 17.1 Å². The average Bonchev–Trinajstić information content (AvgIpc) is 2.48. The van der Waals surface area contributed by atoms with Crippen LogP contribution in [-0.2, 0) is 6.42 Å². The Morgan fingerprint density at radius 2 is 1.55 bits per heavy atom. The fourth-order valence-corrected chi connectivity index (χ4v) is 2.19. The molecule has 0 bridgehead atoms. The fourth-order valence-electron chi connectivity index (χ4n) is 2.19. The van der Waals surface area contributed by atoms with Crippen LogP contribution in [0.2, 0.25) is 0 Å². The SMILES string of the molecule is Cc1cc([N+](=O)[O-])c(NCCc2ccccc2)c([N+](=O)[O-])c1. The van der Waals surface area contributed by atoms with Gasteiger partial charge in [-0.25, -0.2) is 0 Å². The summed E-state index contributed by atoms with van der Waals surface area (Å²) in [4.78, 5) is 21.0. The van der Waals surface area contributed by atoms with Crippen LogP contribution >= 0.6 is 0 Å². The Hall–Kier alpha value is -2.96. The number of nitro benzene ring substituents is 2. The van der Waals surface area contributed by atoms with Crippen molar-refractivity contribution in [3.05, 3.63) is 73.8 Å². The first-order valence-corrected chi connectivity index (χ1v) is 6.70. The highest BCUT2D eigenvalue weighted by Gasteiger charge is 2.25. The van der Waals surface area contributed by atoms with Crippen molar-refractivity contribution >= 4 is 17.1 Å². The highest BCUT2D eigenvalue weighted by molar-refractivity contribution is 5.74. The van der Waals surface area contributed by atoms with Crippen molar-refractivity contribution in [1.82, 2.24) is 0 Å². The van der Waals surface area contributed by atoms with E-state index in [0.29, 0.717) is 18.5 Å². The molecule has 2 aromatic carbocycles. The van der Waals surface area contributed by atoms with E-state index in [1.54, 1.807) is 6.92 Å². The lowest BCUT2D eigenvalue weighted by molar-refractivity contribution is -0.392. The van der Waals surface area contributed by atoms with Crippen LogP contribution in [0.25, 0.3) is 0 Å². The van der Waals surface area contributed by atoms with E-state index in [2.05, 4.69) is 5.32 Å². The van der Waals surface area contributed by atoms with Crippen LogP contribution in [0, 0.1) is 27.2 Å². The molecule has 0 spiro atoms. The maximum absolute atomic E-state index is 11.1. The van der Waals surface area contributed by atoms with Crippen LogP contribution < -0.4 is 5.32 Å². The van der Waals surface area contributed by atoms with E-state index < -0.39 is 9.85 Å². The Labute approximate surface area is 126 Å². The Balaban J connectivity index is 2.24. The quantitative estimate of drug-likeness (QED) is 0.650. The summed E-state index contributed by atoms with van der Waals surface area (Å²) in [6, 6.07) is 12.2. The van der Waals surface area contributed by atoms with Crippen LogP contribution in [-0.4, -0.2) is 16.4 Å². The number of benzene rings is 2. The molecule has 0 saturated heterocycles.